The second kappa shape index (κ2) is 6.33. The Hall–Kier alpha value is -2.26. The molecule has 0 fully saturated rings. The predicted molar refractivity (Wildman–Crippen MR) is 102 cm³/mol. The third kappa shape index (κ3) is 2.80. The van der Waals surface area contributed by atoms with Crippen LogP contribution in [0.5, 0.6) is 0 Å². The highest BCUT2D eigenvalue weighted by Gasteiger charge is 2.19. The van der Waals surface area contributed by atoms with E-state index in [0.717, 1.165) is 28.8 Å². The average molecular weight is 333 g/mol. The summed E-state index contributed by atoms with van der Waals surface area (Å²) in [4.78, 5) is 13.7. The van der Waals surface area contributed by atoms with Gasteiger partial charge in [-0.1, -0.05) is 42.5 Å². The first kappa shape index (κ1) is 15.3. The van der Waals surface area contributed by atoms with Crippen LogP contribution in [0.25, 0.3) is 10.8 Å². The molecule has 1 amide bonds. The van der Waals surface area contributed by atoms with Gasteiger partial charge >= 0.3 is 0 Å². The second-order valence-corrected chi connectivity index (χ2v) is 7.59. The molecule has 3 aromatic carbocycles. The highest BCUT2D eigenvalue weighted by Crippen LogP contribution is 2.35. The van der Waals surface area contributed by atoms with Gasteiger partial charge in [-0.25, -0.2) is 0 Å². The molecular formula is C21H19NOS. The molecular weight excluding hydrogens is 314 g/mol. The predicted octanol–water partition coefficient (Wildman–Crippen LogP) is 5.06. The normalized spacial score (nSPS) is 13.9. The first-order valence-electron chi connectivity index (χ1n) is 8.28. The zero-order valence-electron chi connectivity index (χ0n) is 13.6. The van der Waals surface area contributed by atoms with Crippen LogP contribution in [0.15, 0.2) is 65.6 Å². The fourth-order valence-electron chi connectivity index (χ4n) is 3.35. The molecule has 1 aliphatic carbocycles. The first-order valence-corrected chi connectivity index (χ1v) is 9.16. The van der Waals surface area contributed by atoms with Gasteiger partial charge in [0, 0.05) is 16.0 Å². The van der Waals surface area contributed by atoms with Crippen molar-refractivity contribution in [2.75, 3.05) is 5.32 Å². The van der Waals surface area contributed by atoms with Crippen LogP contribution < -0.4 is 5.32 Å². The number of hydrogen-bond acceptors (Lipinski definition) is 2. The minimum atomic E-state index is -0.143. The third-order valence-corrected chi connectivity index (χ3v) is 5.67. The van der Waals surface area contributed by atoms with E-state index in [-0.39, 0.29) is 11.2 Å². The maximum absolute atomic E-state index is 12.6. The molecule has 0 bridgehead atoms. The van der Waals surface area contributed by atoms with Crippen LogP contribution in [0, 0.1) is 0 Å². The first-order chi connectivity index (χ1) is 11.7. The van der Waals surface area contributed by atoms with Gasteiger partial charge in [0.05, 0.1) is 5.25 Å². The van der Waals surface area contributed by atoms with Crippen LogP contribution in [0.2, 0.25) is 0 Å². The van der Waals surface area contributed by atoms with Gasteiger partial charge in [-0.15, -0.1) is 11.8 Å². The largest absolute Gasteiger partial charge is 0.325 e. The standard InChI is InChI=1S/C21H19NOS/c1-14(24-17-7-3-2-4-8-17)21(23)22-19-13-12-16-11-10-15-6-5-9-18(19)20(15)16/h2-9,12-14H,10-11H2,1H3,(H,22,23). The van der Waals surface area contributed by atoms with E-state index in [0.29, 0.717) is 0 Å². The Morgan fingerprint density at radius 2 is 1.71 bits per heavy atom. The van der Waals surface area contributed by atoms with Crippen molar-refractivity contribution in [1.82, 2.24) is 0 Å². The molecule has 3 heteroatoms. The van der Waals surface area contributed by atoms with Crippen LogP contribution in [0.1, 0.15) is 18.1 Å². The van der Waals surface area contributed by atoms with Gasteiger partial charge in [0.25, 0.3) is 0 Å². The summed E-state index contributed by atoms with van der Waals surface area (Å²) in [5, 5.41) is 5.48. The van der Waals surface area contributed by atoms with Crippen molar-refractivity contribution in [3.8, 4) is 0 Å². The quantitative estimate of drug-likeness (QED) is 0.676. The maximum atomic E-state index is 12.6. The van der Waals surface area contributed by atoms with E-state index in [1.807, 2.05) is 43.3 Å². The highest BCUT2D eigenvalue weighted by atomic mass is 32.2. The molecule has 1 unspecified atom stereocenters. The Balaban J connectivity index is 1.57. The minimum absolute atomic E-state index is 0.0440. The molecule has 120 valence electrons. The second-order valence-electron chi connectivity index (χ2n) is 6.17. The summed E-state index contributed by atoms with van der Waals surface area (Å²) in [6, 6.07) is 20.6. The topological polar surface area (TPSA) is 29.1 Å². The average Bonchev–Trinajstić information content (AvgIpc) is 3.03. The molecule has 2 nitrogen and oxygen atoms in total. The van der Waals surface area contributed by atoms with Crippen LogP contribution in [-0.2, 0) is 17.6 Å². The SMILES string of the molecule is CC(Sc1ccccc1)C(=O)Nc1ccc2c3c(cccc13)CC2. The van der Waals surface area contributed by atoms with E-state index in [4.69, 9.17) is 0 Å². The molecule has 0 aromatic heterocycles. The Morgan fingerprint density at radius 3 is 2.50 bits per heavy atom. The van der Waals surface area contributed by atoms with Gasteiger partial charge in [-0.05, 0) is 54.5 Å². The minimum Gasteiger partial charge on any atom is -0.325 e. The Morgan fingerprint density at radius 1 is 0.958 bits per heavy atom. The van der Waals surface area contributed by atoms with Crippen molar-refractivity contribution < 1.29 is 4.79 Å². The molecule has 0 saturated heterocycles. The number of carbonyl (C=O) groups excluding carboxylic acids is 1. The van der Waals surface area contributed by atoms with E-state index in [1.54, 1.807) is 11.8 Å². The molecule has 0 aliphatic heterocycles. The van der Waals surface area contributed by atoms with Gasteiger partial charge in [-0.3, -0.25) is 4.79 Å². The smallest absolute Gasteiger partial charge is 0.237 e. The summed E-state index contributed by atoms with van der Waals surface area (Å²) < 4.78 is 0. The molecule has 0 heterocycles. The molecule has 1 atom stereocenters. The van der Waals surface area contributed by atoms with Crippen LogP contribution in [-0.4, -0.2) is 11.2 Å². The van der Waals surface area contributed by atoms with Crippen molar-refractivity contribution in [2.24, 2.45) is 0 Å². The van der Waals surface area contributed by atoms with E-state index >= 15 is 0 Å². The molecule has 4 rings (SSSR count). The van der Waals surface area contributed by atoms with Crippen molar-refractivity contribution in [2.45, 2.75) is 29.9 Å². The van der Waals surface area contributed by atoms with Crippen molar-refractivity contribution in [3.63, 3.8) is 0 Å². The van der Waals surface area contributed by atoms with Crippen LogP contribution in [0.4, 0.5) is 5.69 Å². The van der Waals surface area contributed by atoms with Crippen molar-refractivity contribution in [1.29, 1.82) is 0 Å². The molecule has 24 heavy (non-hydrogen) atoms. The molecule has 0 radical (unpaired) electrons. The summed E-state index contributed by atoms with van der Waals surface area (Å²) in [6.45, 7) is 1.95. The maximum Gasteiger partial charge on any atom is 0.237 e. The zero-order chi connectivity index (χ0) is 16.5. The lowest BCUT2D eigenvalue weighted by Gasteiger charge is -2.14. The summed E-state index contributed by atoms with van der Waals surface area (Å²) in [7, 11) is 0. The van der Waals surface area contributed by atoms with E-state index in [1.165, 1.54) is 16.5 Å². The number of anilines is 1. The summed E-state index contributed by atoms with van der Waals surface area (Å²) >= 11 is 1.58. The molecule has 0 saturated carbocycles. The summed E-state index contributed by atoms with van der Waals surface area (Å²) in [5.74, 6) is 0.0440. The van der Waals surface area contributed by atoms with E-state index < -0.39 is 0 Å². The van der Waals surface area contributed by atoms with Crippen LogP contribution in [0.3, 0.4) is 0 Å². The lowest BCUT2D eigenvalue weighted by Crippen LogP contribution is -2.22. The summed E-state index contributed by atoms with van der Waals surface area (Å²) in [6.07, 6.45) is 2.20. The fourth-order valence-corrected chi connectivity index (χ4v) is 4.24. The van der Waals surface area contributed by atoms with Gasteiger partial charge < -0.3 is 5.32 Å². The van der Waals surface area contributed by atoms with E-state index in [2.05, 4.69) is 29.6 Å². The van der Waals surface area contributed by atoms with Crippen molar-refractivity contribution in [3.05, 3.63) is 71.8 Å². The molecule has 1 N–H and O–H groups in total. The molecule has 1 aliphatic rings. The van der Waals surface area contributed by atoms with Gasteiger partial charge in [0.15, 0.2) is 0 Å². The number of amides is 1. The third-order valence-electron chi connectivity index (χ3n) is 4.56. The number of thioether (sulfide) groups is 1. The van der Waals surface area contributed by atoms with Gasteiger partial charge in [0.1, 0.15) is 0 Å². The molecule has 3 aromatic rings. The Labute approximate surface area is 146 Å². The highest BCUT2D eigenvalue weighted by molar-refractivity contribution is 8.00. The Kier molecular flexibility index (Phi) is 4.03. The van der Waals surface area contributed by atoms with Gasteiger partial charge in [-0.2, -0.15) is 0 Å². The number of nitrogens with one attached hydrogen (secondary N) is 1. The zero-order valence-corrected chi connectivity index (χ0v) is 14.4. The van der Waals surface area contributed by atoms with E-state index in [9.17, 15) is 4.79 Å². The summed E-state index contributed by atoms with van der Waals surface area (Å²) in [5.41, 5.74) is 3.71. The van der Waals surface area contributed by atoms with Gasteiger partial charge in [0.2, 0.25) is 5.91 Å². The monoisotopic (exact) mass is 333 g/mol. The number of benzene rings is 3. The lowest BCUT2D eigenvalue weighted by atomic mass is 10.0. The number of aryl methyl sites for hydroxylation is 2. The molecule has 0 spiro atoms. The number of rotatable bonds is 4. The van der Waals surface area contributed by atoms with Crippen LogP contribution >= 0.6 is 11.8 Å². The number of carbonyl (C=O) groups is 1. The Bertz CT molecular complexity index is 894. The lowest BCUT2D eigenvalue weighted by molar-refractivity contribution is -0.115. The number of hydrogen-bond donors (Lipinski definition) is 1. The fraction of sp³-hybridized carbons (Fsp3) is 0.190. The van der Waals surface area contributed by atoms with Crippen molar-refractivity contribution >= 4 is 34.1 Å².